The molecule has 66 valence electrons. The molecule has 0 rings (SSSR count). The van der Waals surface area contributed by atoms with Crippen LogP contribution in [0.15, 0.2) is 11.6 Å². The molecule has 0 heteroatoms. The first kappa shape index (κ1) is 10.7. The minimum absolute atomic E-state index is 0.747. The molecular weight excluding hydrogens is 132 g/mol. The van der Waals surface area contributed by atoms with Gasteiger partial charge in [0.05, 0.1) is 0 Å². The van der Waals surface area contributed by atoms with E-state index in [1.807, 2.05) is 0 Å². The normalized spacial score (nSPS) is 12.6. The van der Waals surface area contributed by atoms with Crippen LogP contribution >= 0.6 is 0 Å². The fourth-order valence-electron chi connectivity index (χ4n) is 1.35. The Hall–Kier alpha value is -0.260. The first-order valence-corrected chi connectivity index (χ1v) is 4.87. The Kier molecular flexibility index (Phi) is 6.30. The highest BCUT2D eigenvalue weighted by molar-refractivity contribution is 5.02. The van der Waals surface area contributed by atoms with Crippen LogP contribution in [0.5, 0.6) is 0 Å². The molecule has 0 aromatic rings. The summed E-state index contributed by atoms with van der Waals surface area (Å²) >= 11 is 0. The van der Waals surface area contributed by atoms with E-state index in [1.165, 1.54) is 25.7 Å². The van der Waals surface area contributed by atoms with Gasteiger partial charge in [-0.1, -0.05) is 45.3 Å². The fourth-order valence-corrected chi connectivity index (χ4v) is 1.35. The highest BCUT2D eigenvalue weighted by Gasteiger charge is 2.00. The molecule has 0 aliphatic carbocycles. The van der Waals surface area contributed by atoms with Gasteiger partial charge in [0.25, 0.3) is 0 Å². The van der Waals surface area contributed by atoms with Gasteiger partial charge in [0, 0.05) is 0 Å². The Bertz CT molecular complexity index is 109. The van der Waals surface area contributed by atoms with Crippen LogP contribution < -0.4 is 0 Å². The molecule has 0 fully saturated rings. The zero-order valence-corrected chi connectivity index (χ0v) is 8.48. The molecule has 0 saturated heterocycles. The van der Waals surface area contributed by atoms with E-state index >= 15 is 0 Å². The molecule has 0 amide bonds. The van der Waals surface area contributed by atoms with Crippen LogP contribution in [-0.2, 0) is 0 Å². The van der Waals surface area contributed by atoms with Crippen molar-refractivity contribution in [2.75, 3.05) is 0 Å². The fraction of sp³-hybridized carbons (Fsp3) is 0.818. The summed E-state index contributed by atoms with van der Waals surface area (Å²) in [5, 5.41) is 0. The van der Waals surface area contributed by atoms with Crippen LogP contribution in [0.1, 0.15) is 53.4 Å². The predicted molar refractivity (Wildman–Crippen MR) is 52.7 cm³/mol. The molecule has 0 aliphatic rings. The van der Waals surface area contributed by atoms with E-state index in [0.29, 0.717) is 0 Å². The summed E-state index contributed by atoms with van der Waals surface area (Å²) in [5.41, 5.74) is 1.62. The van der Waals surface area contributed by atoms with Crippen LogP contribution in [-0.4, -0.2) is 0 Å². The Morgan fingerprint density at radius 2 is 1.91 bits per heavy atom. The number of unbranched alkanes of at least 4 members (excludes halogenated alkanes) is 2. The highest BCUT2D eigenvalue weighted by Crippen LogP contribution is 2.16. The third-order valence-electron chi connectivity index (χ3n) is 2.18. The first-order chi connectivity index (χ1) is 5.22. The third kappa shape index (κ3) is 5.06. The topological polar surface area (TPSA) is 0 Å². The lowest BCUT2D eigenvalue weighted by Crippen LogP contribution is -1.93. The molecule has 0 aromatic carbocycles. The van der Waals surface area contributed by atoms with Gasteiger partial charge in [-0.3, -0.25) is 0 Å². The summed E-state index contributed by atoms with van der Waals surface area (Å²) in [5.74, 6) is 0.747. The Balaban J connectivity index is 3.54. The molecular formula is C11H22. The van der Waals surface area contributed by atoms with E-state index in [0.717, 1.165) is 5.92 Å². The summed E-state index contributed by atoms with van der Waals surface area (Å²) in [6.07, 6.45) is 7.66. The maximum absolute atomic E-state index is 2.28. The quantitative estimate of drug-likeness (QED) is 0.412. The molecule has 0 radical (unpaired) electrons. The largest absolute Gasteiger partial charge is 0.0882 e. The Morgan fingerprint density at radius 3 is 2.27 bits per heavy atom. The van der Waals surface area contributed by atoms with Crippen LogP contribution in [0.25, 0.3) is 0 Å². The summed E-state index contributed by atoms with van der Waals surface area (Å²) < 4.78 is 0. The van der Waals surface area contributed by atoms with Crippen molar-refractivity contribution in [1.82, 2.24) is 0 Å². The average molecular weight is 154 g/mol. The van der Waals surface area contributed by atoms with Crippen molar-refractivity contribution in [3.63, 3.8) is 0 Å². The van der Waals surface area contributed by atoms with E-state index in [9.17, 15) is 0 Å². The SMILES string of the molecule is CC=C(CCCCC)C(C)C. The second-order valence-corrected chi connectivity index (χ2v) is 3.48. The third-order valence-corrected chi connectivity index (χ3v) is 2.18. The van der Waals surface area contributed by atoms with E-state index in [1.54, 1.807) is 5.57 Å². The van der Waals surface area contributed by atoms with E-state index in [2.05, 4.69) is 33.8 Å². The molecule has 0 heterocycles. The standard InChI is InChI=1S/C11H22/c1-5-7-8-9-11(6-2)10(3)4/h6,10H,5,7-9H2,1-4H3. The van der Waals surface area contributed by atoms with Gasteiger partial charge in [0.15, 0.2) is 0 Å². The lowest BCUT2D eigenvalue weighted by Gasteiger charge is -2.09. The summed E-state index contributed by atoms with van der Waals surface area (Å²) in [6, 6.07) is 0. The molecule has 0 bridgehead atoms. The molecule has 0 unspecified atom stereocenters. The Labute approximate surface area is 71.7 Å². The number of rotatable bonds is 5. The smallest absolute Gasteiger partial charge is 0.0260 e. The van der Waals surface area contributed by atoms with Crippen molar-refractivity contribution in [3.8, 4) is 0 Å². The predicted octanol–water partition coefficient (Wildman–Crippen LogP) is 4.17. The number of hydrogen-bond donors (Lipinski definition) is 0. The van der Waals surface area contributed by atoms with Gasteiger partial charge in [-0.2, -0.15) is 0 Å². The average Bonchev–Trinajstić information content (AvgIpc) is 1.97. The van der Waals surface area contributed by atoms with Crippen LogP contribution in [0.2, 0.25) is 0 Å². The van der Waals surface area contributed by atoms with Gasteiger partial charge in [-0.05, 0) is 25.7 Å². The molecule has 0 spiro atoms. The summed E-state index contributed by atoms with van der Waals surface area (Å²) in [6.45, 7) is 8.97. The van der Waals surface area contributed by atoms with Crippen molar-refractivity contribution in [3.05, 3.63) is 11.6 Å². The minimum Gasteiger partial charge on any atom is -0.0882 e. The van der Waals surface area contributed by atoms with Crippen molar-refractivity contribution in [1.29, 1.82) is 0 Å². The van der Waals surface area contributed by atoms with Gasteiger partial charge in [0.1, 0.15) is 0 Å². The van der Waals surface area contributed by atoms with E-state index < -0.39 is 0 Å². The number of allylic oxidation sites excluding steroid dienone is 2. The van der Waals surface area contributed by atoms with Crippen LogP contribution in [0.4, 0.5) is 0 Å². The summed E-state index contributed by atoms with van der Waals surface area (Å²) in [4.78, 5) is 0. The van der Waals surface area contributed by atoms with E-state index in [4.69, 9.17) is 0 Å². The second-order valence-electron chi connectivity index (χ2n) is 3.48. The maximum Gasteiger partial charge on any atom is -0.0260 e. The van der Waals surface area contributed by atoms with Crippen molar-refractivity contribution in [2.24, 2.45) is 5.92 Å². The zero-order chi connectivity index (χ0) is 8.69. The van der Waals surface area contributed by atoms with Gasteiger partial charge < -0.3 is 0 Å². The van der Waals surface area contributed by atoms with Crippen LogP contribution in [0, 0.1) is 5.92 Å². The van der Waals surface area contributed by atoms with Crippen LogP contribution in [0.3, 0.4) is 0 Å². The molecule has 0 atom stereocenters. The number of hydrogen-bond acceptors (Lipinski definition) is 0. The van der Waals surface area contributed by atoms with Crippen molar-refractivity contribution in [2.45, 2.75) is 53.4 Å². The lowest BCUT2D eigenvalue weighted by atomic mass is 9.97. The zero-order valence-electron chi connectivity index (χ0n) is 8.48. The molecule has 0 N–H and O–H groups in total. The van der Waals surface area contributed by atoms with Gasteiger partial charge in [0.2, 0.25) is 0 Å². The molecule has 0 aromatic heterocycles. The Morgan fingerprint density at radius 1 is 1.27 bits per heavy atom. The molecule has 0 aliphatic heterocycles. The summed E-state index contributed by atoms with van der Waals surface area (Å²) in [7, 11) is 0. The molecule has 0 nitrogen and oxygen atoms in total. The molecule has 0 saturated carbocycles. The van der Waals surface area contributed by atoms with Crippen molar-refractivity contribution < 1.29 is 0 Å². The maximum atomic E-state index is 2.28. The molecule has 11 heavy (non-hydrogen) atoms. The van der Waals surface area contributed by atoms with Gasteiger partial charge >= 0.3 is 0 Å². The van der Waals surface area contributed by atoms with E-state index in [-0.39, 0.29) is 0 Å². The monoisotopic (exact) mass is 154 g/mol. The highest BCUT2D eigenvalue weighted by atomic mass is 14.1. The van der Waals surface area contributed by atoms with Crippen molar-refractivity contribution >= 4 is 0 Å². The second kappa shape index (κ2) is 6.45. The van der Waals surface area contributed by atoms with Gasteiger partial charge in [-0.15, -0.1) is 0 Å². The lowest BCUT2D eigenvalue weighted by molar-refractivity contribution is 0.646. The minimum atomic E-state index is 0.747. The first-order valence-electron chi connectivity index (χ1n) is 4.87. The van der Waals surface area contributed by atoms with Gasteiger partial charge in [-0.25, -0.2) is 0 Å².